The maximum Gasteiger partial charge on any atom is 0.316 e. The summed E-state index contributed by atoms with van der Waals surface area (Å²) in [7, 11) is 1.57. The Hall–Kier alpha value is -3.68. The molecule has 8 nitrogen and oxygen atoms in total. The number of imide groups is 1. The Bertz CT molecular complexity index is 1120. The summed E-state index contributed by atoms with van der Waals surface area (Å²) < 4.78 is 10.7. The van der Waals surface area contributed by atoms with Gasteiger partial charge < -0.3 is 14.4 Å². The predicted octanol–water partition coefficient (Wildman–Crippen LogP) is 3.33. The van der Waals surface area contributed by atoms with Crippen LogP contribution < -0.4 is 19.3 Å². The zero-order chi connectivity index (χ0) is 23.8. The highest BCUT2D eigenvalue weighted by Gasteiger charge is 2.48. The minimum absolute atomic E-state index is 0.0526. The Morgan fingerprint density at radius 2 is 1.56 bits per heavy atom. The topological polar surface area (TPSA) is 93.2 Å². The highest BCUT2D eigenvalue weighted by molar-refractivity contribution is 6.22. The maximum atomic E-state index is 12.9. The van der Waals surface area contributed by atoms with Gasteiger partial charge in [0.1, 0.15) is 11.5 Å². The normalized spacial score (nSPS) is 24.4. The lowest BCUT2D eigenvalue weighted by Crippen LogP contribution is -2.31. The summed E-state index contributed by atoms with van der Waals surface area (Å²) in [5.41, 5.74) is 1.10. The van der Waals surface area contributed by atoms with Crippen molar-refractivity contribution in [3.8, 4) is 11.5 Å². The number of hydrogen-bond acceptors (Lipinski definition) is 6. The van der Waals surface area contributed by atoms with Gasteiger partial charge in [-0.3, -0.25) is 19.2 Å². The Morgan fingerprint density at radius 1 is 0.882 bits per heavy atom. The molecule has 2 heterocycles. The van der Waals surface area contributed by atoms with Crippen molar-refractivity contribution in [1.82, 2.24) is 0 Å². The van der Waals surface area contributed by atoms with Crippen molar-refractivity contribution in [3.63, 3.8) is 0 Å². The van der Waals surface area contributed by atoms with Crippen LogP contribution in [0.15, 0.2) is 48.5 Å². The van der Waals surface area contributed by atoms with Crippen molar-refractivity contribution in [2.75, 3.05) is 23.5 Å². The average molecular weight is 463 g/mol. The standard InChI is InChI=1S/C26H26N2O6/c1-33-19-11-9-17(10-12-19)27-15-16(13-23(27)29)26(32)34-20-6-4-5-18(14-20)28-24(30)21-7-2-3-8-22(21)25(28)31/h4-6,9-12,14,16,21-22H,2-3,7-8,13,15H2,1H3. The first kappa shape index (κ1) is 22.1. The number of fused-ring (bicyclic) bond motifs is 1. The molecule has 2 saturated heterocycles. The fourth-order valence-corrected chi connectivity index (χ4v) is 5.18. The lowest BCUT2D eigenvalue weighted by molar-refractivity contribution is -0.139. The Morgan fingerprint density at radius 3 is 2.21 bits per heavy atom. The summed E-state index contributed by atoms with van der Waals surface area (Å²) in [4.78, 5) is 53.9. The number of nitrogens with zero attached hydrogens (tertiary/aromatic N) is 2. The van der Waals surface area contributed by atoms with Gasteiger partial charge in [-0.15, -0.1) is 0 Å². The third-order valence-electron chi connectivity index (χ3n) is 6.98. The molecule has 0 spiro atoms. The Balaban J connectivity index is 1.27. The van der Waals surface area contributed by atoms with Crippen LogP contribution in [0.3, 0.4) is 0 Å². The van der Waals surface area contributed by atoms with Crippen LogP contribution >= 0.6 is 0 Å². The van der Waals surface area contributed by atoms with E-state index in [1.165, 1.54) is 4.90 Å². The van der Waals surface area contributed by atoms with Crippen molar-refractivity contribution in [2.24, 2.45) is 17.8 Å². The van der Waals surface area contributed by atoms with Crippen molar-refractivity contribution in [1.29, 1.82) is 0 Å². The maximum absolute atomic E-state index is 12.9. The van der Waals surface area contributed by atoms with Gasteiger partial charge in [-0.1, -0.05) is 18.9 Å². The van der Waals surface area contributed by atoms with Gasteiger partial charge in [-0.2, -0.15) is 0 Å². The molecule has 0 aromatic heterocycles. The summed E-state index contributed by atoms with van der Waals surface area (Å²) in [5.74, 6) is -1.21. The molecule has 3 aliphatic rings. The number of amides is 3. The van der Waals surface area contributed by atoms with Crippen LogP contribution in [0.2, 0.25) is 0 Å². The molecule has 0 bridgehead atoms. The molecule has 0 radical (unpaired) electrons. The monoisotopic (exact) mass is 462 g/mol. The van der Waals surface area contributed by atoms with Crippen molar-refractivity contribution < 1.29 is 28.7 Å². The van der Waals surface area contributed by atoms with Crippen molar-refractivity contribution >= 4 is 35.1 Å². The van der Waals surface area contributed by atoms with Crippen LogP contribution in [0.5, 0.6) is 11.5 Å². The van der Waals surface area contributed by atoms with Crippen LogP contribution in [0, 0.1) is 17.8 Å². The van der Waals surface area contributed by atoms with Crippen LogP contribution in [0.4, 0.5) is 11.4 Å². The zero-order valence-corrected chi connectivity index (χ0v) is 18.9. The molecule has 0 N–H and O–H groups in total. The third kappa shape index (κ3) is 3.93. The van der Waals surface area contributed by atoms with Gasteiger partial charge >= 0.3 is 5.97 Å². The zero-order valence-electron chi connectivity index (χ0n) is 18.9. The quantitative estimate of drug-likeness (QED) is 0.384. The second-order valence-electron chi connectivity index (χ2n) is 9.03. The van der Waals surface area contributed by atoms with E-state index in [1.807, 2.05) is 0 Å². The Labute approximate surface area is 197 Å². The number of esters is 1. The molecule has 1 saturated carbocycles. The molecule has 2 aromatic rings. The van der Waals surface area contributed by atoms with E-state index in [9.17, 15) is 19.2 Å². The molecular weight excluding hydrogens is 436 g/mol. The van der Waals surface area contributed by atoms with Gasteiger partial charge in [0.2, 0.25) is 17.7 Å². The highest BCUT2D eigenvalue weighted by Crippen LogP contribution is 2.40. The molecule has 8 heteroatoms. The summed E-state index contributed by atoms with van der Waals surface area (Å²) in [5, 5.41) is 0. The van der Waals surface area contributed by atoms with E-state index < -0.39 is 11.9 Å². The number of methoxy groups -OCH3 is 1. The Kier molecular flexibility index (Phi) is 5.81. The second kappa shape index (κ2) is 8.93. The van der Waals surface area contributed by atoms with E-state index in [2.05, 4.69) is 0 Å². The van der Waals surface area contributed by atoms with Crippen LogP contribution in [0.25, 0.3) is 0 Å². The number of anilines is 2. The van der Waals surface area contributed by atoms with Gasteiger partial charge in [0.05, 0.1) is 30.6 Å². The largest absolute Gasteiger partial charge is 0.497 e. The fraction of sp³-hybridized carbons (Fsp3) is 0.385. The van der Waals surface area contributed by atoms with E-state index in [-0.39, 0.29) is 48.3 Å². The summed E-state index contributed by atoms with van der Waals surface area (Å²) in [6.07, 6.45) is 3.44. The number of ether oxygens (including phenoxy) is 2. The van der Waals surface area contributed by atoms with Gasteiger partial charge in [0.25, 0.3) is 0 Å². The summed E-state index contributed by atoms with van der Waals surface area (Å²) in [6.45, 7) is 0.218. The molecular formula is C26H26N2O6. The summed E-state index contributed by atoms with van der Waals surface area (Å²) >= 11 is 0. The molecule has 3 fully saturated rings. The first-order chi connectivity index (χ1) is 16.5. The molecule has 5 rings (SSSR count). The van der Waals surface area contributed by atoms with Crippen molar-refractivity contribution in [3.05, 3.63) is 48.5 Å². The fourth-order valence-electron chi connectivity index (χ4n) is 5.18. The van der Waals surface area contributed by atoms with Crippen molar-refractivity contribution in [2.45, 2.75) is 32.1 Å². The summed E-state index contributed by atoms with van der Waals surface area (Å²) in [6, 6.07) is 13.6. The average Bonchev–Trinajstić information content (AvgIpc) is 3.37. The number of rotatable bonds is 5. The molecule has 2 aromatic carbocycles. The minimum Gasteiger partial charge on any atom is -0.497 e. The van der Waals surface area contributed by atoms with Gasteiger partial charge in [0.15, 0.2) is 0 Å². The minimum atomic E-state index is -0.615. The second-order valence-corrected chi connectivity index (χ2v) is 9.03. The lowest BCUT2D eigenvalue weighted by atomic mass is 9.81. The smallest absolute Gasteiger partial charge is 0.316 e. The van der Waals surface area contributed by atoms with Gasteiger partial charge in [-0.25, -0.2) is 4.90 Å². The van der Waals surface area contributed by atoms with E-state index >= 15 is 0 Å². The number of carbonyl (C=O) groups is 4. The third-order valence-corrected chi connectivity index (χ3v) is 6.98. The van der Waals surface area contributed by atoms with Crippen LogP contribution in [-0.2, 0) is 19.2 Å². The molecule has 2 aliphatic heterocycles. The van der Waals surface area contributed by atoms with E-state index in [1.54, 1.807) is 60.5 Å². The number of hydrogen-bond donors (Lipinski definition) is 0. The van der Waals surface area contributed by atoms with E-state index in [0.29, 0.717) is 17.1 Å². The number of benzene rings is 2. The molecule has 3 atom stereocenters. The van der Waals surface area contributed by atoms with Crippen LogP contribution in [-0.4, -0.2) is 37.3 Å². The SMILES string of the molecule is COc1ccc(N2CC(C(=O)Oc3cccc(N4C(=O)C5CCCCC5C4=O)c3)CC2=O)cc1. The molecule has 34 heavy (non-hydrogen) atoms. The first-order valence-electron chi connectivity index (χ1n) is 11.6. The molecule has 3 unspecified atom stereocenters. The lowest BCUT2D eigenvalue weighted by Gasteiger charge is -2.19. The van der Waals surface area contributed by atoms with Crippen LogP contribution in [0.1, 0.15) is 32.1 Å². The number of carbonyl (C=O) groups excluding carboxylic acids is 4. The van der Waals surface area contributed by atoms with Gasteiger partial charge in [-0.05, 0) is 49.2 Å². The van der Waals surface area contributed by atoms with E-state index in [0.717, 1.165) is 25.7 Å². The predicted molar refractivity (Wildman–Crippen MR) is 123 cm³/mol. The first-order valence-corrected chi connectivity index (χ1v) is 11.6. The molecule has 176 valence electrons. The molecule has 1 aliphatic carbocycles. The molecule has 3 amide bonds. The van der Waals surface area contributed by atoms with Gasteiger partial charge in [0, 0.05) is 24.7 Å². The highest BCUT2D eigenvalue weighted by atomic mass is 16.5. The van der Waals surface area contributed by atoms with E-state index in [4.69, 9.17) is 9.47 Å².